The van der Waals surface area contributed by atoms with Crippen molar-refractivity contribution in [2.75, 3.05) is 0 Å². The Hall–Kier alpha value is -2.34. The van der Waals surface area contributed by atoms with Crippen LogP contribution in [0.15, 0.2) is 24.3 Å². The van der Waals surface area contributed by atoms with Crippen LogP contribution in [0, 0.1) is 13.8 Å². The van der Waals surface area contributed by atoms with Crippen LogP contribution in [0.4, 0.5) is 0 Å². The summed E-state index contributed by atoms with van der Waals surface area (Å²) in [4.78, 5) is 24.0. The van der Waals surface area contributed by atoms with E-state index < -0.39 is 17.9 Å². The second-order valence-corrected chi connectivity index (χ2v) is 6.52. The Balaban J connectivity index is 2.27. The van der Waals surface area contributed by atoms with Crippen LogP contribution in [-0.2, 0) is 16.6 Å². The number of hydrogen-bond acceptors (Lipinski definition) is 3. The van der Waals surface area contributed by atoms with Crippen LogP contribution in [0.2, 0.25) is 5.02 Å². The molecule has 0 spiro atoms. The Kier molecular flexibility index (Phi) is 5.85. The predicted molar refractivity (Wildman–Crippen MR) is 95.7 cm³/mol. The molecule has 2 rings (SSSR count). The van der Waals surface area contributed by atoms with Gasteiger partial charge >= 0.3 is 5.97 Å². The number of carboxylic acid groups (broad SMARTS) is 1. The summed E-state index contributed by atoms with van der Waals surface area (Å²) < 4.78 is 1.73. The Bertz CT molecular complexity index is 801. The summed E-state index contributed by atoms with van der Waals surface area (Å²) >= 11 is 6.18. The van der Waals surface area contributed by atoms with Gasteiger partial charge in [0.2, 0.25) is 5.91 Å². The van der Waals surface area contributed by atoms with Gasteiger partial charge in [-0.3, -0.25) is 14.3 Å². The van der Waals surface area contributed by atoms with Crippen molar-refractivity contribution >= 4 is 23.5 Å². The van der Waals surface area contributed by atoms with Crippen LogP contribution in [0.25, 0.3) is 0 Å². The van der Waals surface area contributed by atoms with E-state index in [0.717, 1.165) is 17.0 Å². The molecular formula is C18H22ClN3O3. The Morgan fingerprint density at radius 1 is 1.32 bits per heavy atom. The number of aliphatic carboxylic acids is 1. The monoisotopic (exact) mass is 363 g/mol. The topological polar surface area (TPSA) is 84.2 Å². The number of hydrogen-bond donors (Lipinski definition) is 2. The van der Waals surface area contributed by atoms with E-state index in [9.17, 15) is 14.7 Å². The number of carbonyl (C=O) groups is 2. The summed E-state index contributed by atoms with van der Waals surface area (Å²) in [6.07, 6.45) is -0.243. The molecule has 0 fully saturated rings. The number of aromatic nitrogens is 2. The minimum atomic E-state index is -1.01. The molecule has 0 bridgehead atoms. The molecule has 0 radical (unpaired) electrons. The van der Waals surface area contributed by atoms with Gasteiger partial charge in [0.1, 0.15) is 0 Å². The lowest BCUT2D eigenvalue weighted by molar-refractivity contribution is -0.137. The van der Waals surface area contributed by atoms with E-state index in [0.29, 0.717) is 10.6 Å². The largest absolute Gasteiger partial charge is 0.481 e. The van der Waals surface area contributed by atoms with E-state index in [2.05, 4.69) is 10.4 Å². The molecule has 6 nitrogen and oxygen atoms in total. The molecule has 2 N–H and O–H groups in total. The molecule has 134 valence electrons. The lowest BCUT2D eigenvalue weighted by Gasteiger charge is -2.21. The van der Waals surface area contributed by atoms with Crippen molar-refractivity contribution in [2.24, 2.45) is 7.05 Å². The normalized spacial score (nSPS) is 13.3. The van der Waals surface area contributed by atoms with Gasteiger partial charge in [-0.05, 0) is 32.4 Å². The van der Waals surface area contributed by atoms with Gasteiger partial charge in [-0.15, -0.1) is 0 Å². The molecule has 1 aromatic heterocycles. The van der Waals surface area contributed by atoms with Gasteiger partial charge < -0.3 is 10.4 Å². The number of carbonyl (C=O) groups excluding carboxylic acids is 1. The maximum absolute atomic E-state index is 12.7. The van der Waals surface area contributed by atoms with Crippen molar-refractivity contribution in [3.05, 3.63) is 51.8 Å². The quantitative estimate of drug-likeness (QED) is 0.825. The van der Waals surface area contributed by atoms with Crippen molar-refractivity contribution < 1.29 is 14.7 Å². The van der Waals surface area contributed by atoms with E-state index in [-0.39, 0.29) is 12.3 Å². The average Bonchev–Trinajstić information content (AvgIpc) is 2.78. The number of aryl methyl sites for hydroxylation is 2. The fourth-order valence-corrected chi connectivity index (χ4v) is 3.28. The number of benzene rings is 1. The van der Waals surface area contributed by atoms with Crippen LogP contribution in [-0.4, -0.2) is 26.8 Å². The third-order valence-electron chi connectivity index (χ3n) is 4.37. The first-order valence-electron chi connectivity index (χ1n) is 7.99. The Morgan fingerprint density at radius 3 is 2.48 bits per heavy atom. The van der Waals surface area contributed by atoms with Gasteiger partial charge in [0.15, 0.2) is 0 Å². The minimum Gasteiger partial charge on any atom is -0.481 e. The molecule has 1 heterocycles. The lowest BCUT2D eigenvalue weighted by Crippen LogP contribution is -2.33. The molecular weight excluding hydrogens is 342 g/mol. The second kappa shape index (κ2) is 7.70. The third kappa shape index (κ3) is 4.20. The summed E-state index contributed by atoms with van der Waals surface area (Å²) in [6.45, 7) is 5.55. The molecule has 0 saturated carbocycles. The second-order valence-electron chi connectivity index (χ2n) is 6.11. The van der Waals surface area contributed by atoms with Gasteiger partial charge in [0, 0.05) is 23.3 Å². The van der Waals surface area contributed by atoms with Crippen LogP contribution in [0.5, 0.6) is 0 Å². The van der Waals surface area contributed by atoms with Crippen molar-refractivity contribution in [2.45, 2.75) is 39.2 Å². The Morgan fingerprint density at radius 2 is 1.96 bits per heavy atom. The number of amides is 1. The minimum absolute atomic E-state index is 0.243. The van der Waals surface area contributed by atoms with E-state index in [1.165, 1.54) is 0 Å². The highest BCUT2D eigenvalue weighted by Gasteiger charge is 2.26. The summed E-state index contributed by atoms with van der Waals surface area (Å²) in [5, 5.41) is 16.8. The number of carboxylic acids is 1. The van der Waals surface area contributed by atoms with E-state index >= 15 is 0 Å². The van der Waals surface area contributed by atoms with Crippen molar-refractivity contribution in [1.29, 1.82) is 0 Å². The average molecular weight is 364 g/mol. The summed E-state index contributed by atoms with van der Waals surface area (Å²) in [5.74, 6) is -1.72. The van der Waals surface area contributed by atoms with Crippen molar-refractivity contribution in [3.8, 4) is 0 Å². The van der Waals surface area contributed by atoms with Crippen molar-refractivity contribution in [3.63, 3.8) is 0 Å². The fraction of sp³-hybridized carbons (Fsp3) is 0.389. The molecule has 7 heteroatoms. The van der Waals surface area contributed by atoms with E-state index in [1.807, 2.05) is 20.9 Å². The van der Waals surface area contributed by atoms with Gasteiger partial charge in [-0.2, -0.15) is 5.10 Å². The van der Waals surface area contributed by atoms with Crippen LogP contribution < -0.4 is 5.32 Å². The SMILES string of the molecule is Cc1nn(C)c(C)c1C(C)C(=O)NC(CC(=O)O)c1ccccc1Cl. The summed E-state index contributed by atoms with van der Waals surface area (Å²) in [5.41, 5.74) is 3.14. The maximum Gasteiger partial charge on any atom is 0.305 e. The van der Waals surface area contributed by atoms with Crippen LogP contribution in [0.1, 0.15) is 47.8 Å². The Labute approximate surface area is 151 Å². The van der Waals surface area contributed by atoms with E-state index in [4.69, 9.17) is 11.6 Å². The zero-order valence-electron chi connectivity index (χ0n) is 14.7. The fourth-order valence-electron chi connectivity index (χ4n) is 3.02. The van der Waals surface area contributed by atoms with Crippen molar-refractivity contribution in [1.82, 2.24) is 15.1 Å². The molecule has 2 aromatic rings. The first kappa shape index (κ1) is 19.0. The molecule has 0 aliphatic heterocycles. The standard InChI is InChI=1S/C18H22ClN3O3/c1-10(17-11(2)21-22(4)12(17)3)18(25)20-15(9-16(23)24)13-7-5-6-8-14(13)19/h5-8,10,15H,9H2,1-4H3,(H,20,25)(H,23,24). The third-order valence-corrected chi connectivity index (χ3v) is 4.71. The van der Waals surface area contributed by atoms with Crippen LogP contribution in [0.3, 0.4) is 0 Å². The number of nitrogens with one attached hydrogen (secondary N) is 1. The summed E-state index contributed by atoms with van der Waals surface area (Å²) in [7, 11) is 1.83. The molecule has 2 atom stereocenters. The zero-order chi connectivity index (χ0) is 18.7. The summed E-state index contributed by atoms with van der Waals surface area (Å²) in [6, 6.07) is 6.23. The lowest BCUT2D eigenvalue weighted by atomic mass is 9.96. The van der Waals surface area contributed by atoms with Gasteiger partial charge in [-0.1, -0.05) is 29.8 Å². The molecule has 0 aliphatic rings. The molecule has 1 aromatic carbocycles. The molecule has 25 heavy (non-hydrogen) atoms. The zero-order valence-corrected chi connectivity index (χ0v) is 15.5. The smallest absolute Gasteiger partial charge is 0.305 e. The maximum atomic E-state index is 12.7. The highest BCUT2D eigenvalue weighted by molar-refractivity contribution is 6.31. The first-order valence-corrected chi connectivity index (χ1v) is 8.36. The van der Waals surface area contributed by atoms with E-state index in [1.54, 1.807) is 35.9 Å². The number of nitrogens with zero attached hydrogens (tertiary/aromatic N) is 2. The molecule has 2 unspecified atom stereocenters. The highest BCUT2D eigenvalue weighted by Crippen LogP contribution is 2.28. The highest BCUT2D eigenvalue weighted by atomic mass is 35.5. The van der Waals surface area contributed by atoms with Gasteiger partial charge in [0.25, 0.3) is 0 Å². The predicted octanol–water partition coefficient (Wildman–Crippen LogP) is 3.13. The first-order chi connectivity index (χ1) is 11.7. The molecule has 1 amide bonds. The van der Waals surface area contributed by atoms with Crippen LogP contribution >= 0.6 is 11.6 Å². The number of rotatable bonds is 6. The van der Waals surface area contributed by atoms with Gasteiger partial charge in [-0.25, -0.2) is 0 Å². The molecule has 0 aliphatic carbocycles. The number of halogens is 1. The molecule has 0 saturated heterocycles. The van der Waals surface area contributed by atoms with Gasteiger partial charge in [0.05, 0.1) is 24.1 Å².